The first-order chi connectivity index (χ1) is 17.0. The molecule has 1 saturated heterocycles. The minimum absolute atomic E-state index is 0.122. The van der Waals surface area contributed by atoms with Crippen molar-refractivity contribution in [1.29, 1.82) is 0 Å². The van der Waals surface area contributed by atoms with Crippen molar-refractivity contribution in [2.45, 2.75) is 52.0 Å². The smallest absolute Gasteiger partial charge is 0.231 e. The van der Waals surface area contributed by atoms with Gasteiger partial charge in [-0.05, 0) is 24.0 Å². The van der Waals surface area contributed by atoms with Crippen LogP contribution in [0.15, 0.2) is 82.7 Å². The summed E-state index contributed by atoms with van der Waals surface area (Å²) in [5.41, 5.74) is 3.35. The number of benzene rings is 1. The van der Waals surface area contributed by atoms with Crippen LogP contribution in [0.25, 0.3) is 0 Å². The SMILES string of the molecule is CC(C)(C)c1nc(Cc2ccccc2)c(CN2CCN(C3=COC(C4=CC=CCC4)=CO3)CC2)o1. The summed E-state index contributed by atoms with van der Waals surface area (Å²) < 4.78 is 18.2. The number of ether oxygens (including phenoxy) is 2. The highest BCUT2D eigenvalue weighted by atomic mass is 16.6. The van der Waals surface area contributed by atoms with E-state index in [1.807, 2.05) is 6.07 Å². The summed E-state index contributed by atoms with van der Waals surface area (Å²) in [7, 11) is 0. The Balaban J connectivity index is 1.20. The molecule has 3 aliphatic rings. The third-order valence-corrected chi connectivity index (χ3v) is 6.59. The Morgan fingerprint density at radius 1 is 0.971 bits per heavy atom. The maximum atomic E-state index is 6.33. The Labute approximate surface area is 208 Å². The molecule has 0 saturated carbocycles. The van der Waals surface area contributed by atoms with Crippen LogP contribution in [-0.2, 0) is 27.9 Å². The van der Waals surface area contributed by atoms with E-state index in [1.165, 1.54) is 11.1 Å². The van der Waals surface area contributed by atoms with Crippen LogP contribution in [0.2, 0.25) is 0 Å². The number of piperazine rings is 1. The molecule has 2 aromatic rings. The van der Waals surface area contributed by atoms with Gasteiger partial charge in [0, 0.05) is 38.0 Å². The zero-order valence-electron chi connectivity index (χ0n) is 21.0. The van der Waals surface area contributed by atoms with Gasteiger partial charge in [0.15, 0.2) is 17.9 Å². The molecule has 2 aliphatic heterocycles. The largest absolute Gasteiger partial charge is 0.456 e. The number of allylic oxidation sites excluding steroid dienone is 4. The van der Waals surface area contributed by atoms with E-state index in [4.69, 9.17) is 18.9 Å². The van der Waals surface area contributed by atoms with E-state index in [-0.39, 0.29) is 5.41 Å². The van der Waals surface area contributed by atoms with Crippen LogP contribution in [0.5, 0.6) is 0 Å². The number of rotatable bonds is 6. The van der Waals surface area contributed by atoms with E-state index in [1.54, 1.807) is 12.5 Å². The van der Waals surface area contributed by atoms with Gasteiger partial charge in [0.1, 0.15) is 12.0 Å². The van der Waals surface area contributed by atoms with Crippen LogP contribution in [-0.4, -0.2) is 41.0 Å². The zero-order chi connectivity index (χ0) is 24.3. The topological polar surface area (TPSA) is 51.0 Å². The van der Waals surface area contributed by atoms with E-state index in [2.05, 4.69) is 73.1 Å². The molecular formula is C29H35N3O3. The second-order valence-corrected chi connectivity index (χ2v) is 10.4. The lowest BCUT2D eigenvalue weighted by Crippen LogP contribution is -2.45. The predicted octanol–water partition coefficient (Wildman–Crippen LogP) is 5.64. The Kier molecular flexibility index (Phi) is 6.82. The monoisotopic (exact) mass is 473 g/mol. The van der Waals surface area contributed by atoms with Crippen molar-refractivity contribution in [2.75, 3.05) is 26.2 Å². The second kappa shape index (κ2) is 10.2. The van der Waals surface area contributed by atoms with Crippen LogP contribution < -0.4 is 0 Å². The van der Waals surface area contributed by atoms with Gasteiger partial charge < -0.3 is 18.8 Å². The normalized spacial score (nSPS) is 18.9. The summed E-state index contributed by atoms with van der Waals surface area (Å²) >= 11 is 0. The standard InChI is InChI=1S/C29H35N3O3/c1-29(2,3)28-30-24(18-22-10-6-4-7-11-22)25(35-28)19-31-14-16-32(17-15-31)27-21-33-26(20-34-27)23-12-8-5-9-13-23/h4-8,10-12,20-21H,9,13-19H2,1-3H3. The molecule has 1 aliphatic carbocycles. The van der Waals surface area contributed by atoms with E-state index in [0.29, 0.717) is 0 Å². The van der Waals surface area contributed by atoms with Crippen LogP contribution in [0, 0.1) is 0 Å². The van der Waals surface area contributed by atoms with Crippen molar-refractivity contribution in [3.63, 3.8) is 0 Å². The van der Waals surface area contributed by atoms with Crippen molar-refractivity contribution < 1.29 is 13.9 Å². The van der Waals surface area contributed by atoms with Crippen molar-refractivity contribution in [3.8, 4) is 0 Å². The minimum atomic E-state index is -0.122. The van der Waals surface area contributed by atoms with Crippen LogP contribution in [0.1, 0.15) is 56.5 Å². The lowest BCUT2D eigenvalue weighted by Gasteiger charge is -2.36. The maximum absolute atomic E-state index is 6.33. The van der Waals surface area contributed by atoms with Crippen molar-refractivity contribution in [2.24, 2.45) is 0 Å². The van der Waals surface area contributed by atoms with Gasteiger partial charge in [-0.15, -0.1) is 0 Å². The quantitative estimate of drug-likeness (QED) is 0.541. The van der Waals surface area contributed by atoms with Crippen molar-refractivity contribution >= 4 is 0 Å². The van der Waals surface area contributed by atoms with Crippen molar-refractivity contribution in [1.82, 2.24) is 14.8 Å². The average Bonchev–Trinajstić information content (AvgIpc) is 3.28. The average molecular weight is 474 g/mol. The maximum Gasteiger partial charge on any atom is 0.231 e. The molecule has 6 heteroatoms. The summed E-state index contributed by atoms with van der Waals surface area (Å²) in [6, 6.07) is 10.5. The van der Waals surface area contributed by atoms with E-state index in [9.17, 15) is 0 Å². The summed E-state index contributed by atoms with van der Waals surface area (Å²) in [5, 5.41) is 0. The molecule has 184 valence electrons. The minimum Gasteiger partial charge on any atom is -0.456 e. The van der Waals surface area contributed by atoms with Gasteiger partial charge in [0.25, 0.3) is 0 Å². The van der Waals surface area contributed by atoms with Gasteiger partial charge in [-0.25, -0.2) is 4.98 Å². The Bertz CT molecular complexity index is 1140. The molecule has 0 radical (unpaired) electrons. The molecule has 1 aromatic heterocycles. The molecule has 0 atom stereocenters. The third-order valence-electron chi connectivity index (χ3n) is 6.59. The predicted molar refractivity (Wildman–Crippen MR) is 136 cm³/mol. The summed E-state index contributed by atoms with van der Waals surface area (Å²) in [6.45, 7) is 10.8. The first-order valence-electron chi connectivity index (χ1n) is 12.6. The molecular weight excluding hydrogens is 438 g/mol. The lowest BCUT2D eigenvalue weighted by atomic mass is 9.97. The van der Waals surface area contributed by atoms with Gasteiger partial charge in [0.05, 0.1) is 12.2 Å². The number of hydrogen-bond donors (Lipinski definition) is 0. The molecule has 3 heterocycles. The van der Waals surface area contributed by atoms with Gasteiger partial charge in [-0.1, -0.05) is 69.3 Å². The fraction of sp³-hybridized carbons (Fsp3) is 0.414. The molecule has 0 bridgehead atoms. The number of hydrogen-bond acceptors (Lipinski definition) is 6. The molecule has 0 N–H and O–H groups in total. The highest BCUT2D eigenvalue weighted by Crippen LogP contribution is 2.28. The Morgan fingerprint density at radius 3 is 2.43 bits per heavy atom. The lowest BCUT2D eigenvalue weighted by molar-refractivity contribution is 0.0785. The second-order valence-electron chi connectivity index (χ2n) is 10.4. The fourth-order valence-corrected chi connectivity index (χ4v) is 4.48. The molecule has 6 nitrogen and oxygen atoms in total. The first-order valence-corrected chi connectivity index (χ1v) is 12.6. The van der Waals surface area contributed by atoms with Gasteiger partial charge >= 0.3 is 0 Å². The van der Waals surface area contributed by atoms with Gasteiger partial charge in [0.2, 0.25) is 5.88 Å². The van der Waals surface area contributed by atoms with E-state index >= 15 is 0 Å². The van der Waals surface area contributed by atoms with Gasteiger partial charge in [-0.2, -0.15) is 0 Å². The van der Waals surface area contributed by atoms with E-state index < -0.39 is 0 Å². The molecule has 0 amide bonds. The highest BCUT2D eigenvalue weighted by Gasteiger charge is 2.27. The number of aromatic nitrogens is 1. The molecule has 1 aromatic carbocycles. The van der Waals surface area contributed by atoms with Crippen LogP contribution in [0.4, 0.5) is 0 Å². The number of oxazole rings is 1. The molecule has 1 fully saturated rings. The van der Waals surface area contributed by atoms with Crippen molar-refractivity contribution in [3.05, 3.63) is 101 Å². The molecule has 35 heavy (non-hydrogen) atoms. The third kappa shape index (κ3) is 5.70. The highest BCUT2D eigenvalue weighted by molar-refractivity contribution is 5.33. The molecule has 5 rings (SSSR count). The summed E-state index contributed by atoms with van der Waals surface area (Å²) in [4.78, 5) is 9.59. The zero-order valence-corrected chi connectivity index (χ0v) is 21.0. The first kappa shape index (κ1) is 23.5. The summed E-state index contributed by atoms with van der Waals surface area (Å²) in [5.74, 6) is 3.37. The van der Waals surface area contributed by atoms with Gasteiger partial charge in [-0.3, -0.25) is 4.90 Å². The Morgan fingerprint density at radius 2 is 1.77 bits per heavy atom. The van der Waals surface area contributed by atoms with E-state index in [0.717, 1.165) is 81.0 Å². The molecule has 0 spiro atoms. The molecule has 0 unspecified atom stereocenters. The van der Waals surface area contributed by atoms with Crippen LogP contribution >= 0.6 is 0 Å². The van der Waals surface area contributed by atoms with Crippen LogP contribution in [0.3, 0.4) is 0 Å². The Hall–Kier alpha value is -3.25. The fourth-order valence-electron chi connectivity index (χ4n) is 4.48. The summed E-state index contributed by atoms with van der Waals surface area (Å²) in [6.07, 6.45) is 12.6. The number of nitrogens with zero attached hydrogens (tertiary/aromatic N) is 3.